The standard InChI is InChI=1S/C52H41N/c1-51(2)46-22-14-13-21-42(46)43-29-27-40(33-48(43)51)53(38-25-23-35(24-26-38)34-15-7-5-8-16-34)39-28-30-47-45(32-39)49-44(36-17-9-6-10-18-36)31-37-19-11-12-20-41(37)50(49)52(47,3)4/h5-33H,1-4H3. The van der Waals surface area contributed by atoms with Gasteiger partial charge in [-0.3, -0.25) is 0 Å². The summed E-state index contributed by atoms with van der Waals surface area (Å²) in [5.41, 5.74) is 19.0. The Morgan fingerprint density at radius 3 is 1.70 bits per heavy atom. The minimum atomic E-state index is -0.168. The summed E-state index contributed by atoms with van der Waals surface area (Å²) in [6.07, 6.45) is 0. The molecule has 0 bridgehead atoms. The maximum Gasteiger partial charge on any atom is 0.0468 e. The fourth-order valence-corrected chi connectivity index (χ4v) is 9.39. The zero-order valence-electron chi connectivity index (χ0n) is 30.7. The third-order valence-electron chi connectivity index (χ3n) is 12.0. The molecule has 0 aromatic heterocycles. The normalized spacial score (nSPS) is 14.3. The van der Waals surface area contributed by atoms with Gasteiger partial charge in [0.25, 0.3) is 0 Å². The molecule has 0 radical (unpaired) electrons. The van der Waals surface area contributed by atoms with Crippen molar-refractivity contribution in [1.29, 1.82) is 0 Å². The fourth-order valence-electron chi connectivity index (χ4n) is 9.39. The van der Waals surface area contributed by atoms with Crippen molar-refractivity contribution in [2.75, 3.05) is 4.90 Å². The predicted octanol–water partition coefficient (Wildman–Crippen LogP) is 14.3. The Bertz CT molecular complexity index is 2700. The maximum absolute atomic E-state index is 2.46. The zero-order chi connectivity index (χ0) is 35.9. The molecule has 1 heteroatoms. The van der Waals surface area contributed by atoms with E-state index in [2.05, 4.69) is 209 Å². The summed E-state index contributed by atoms with van der Waals surface area (Å²) < 4.78 is 0. The van der Waals surface area contributed by atoms with Gasteiger partial charge in [0.05, 0.1) is 0 Å². The molecule has 0 amide bonds. The van der Waals surface area contributed by atoms with E-state index in [1.165, 1.54) is 77.5 Å². The average Bonchev–Trinajstić information content (AvgIpc) is 3.58. The molecule has 0 atom stereocenters. The van der Waals surface area contributed by atoms with Gasteiger partial charge in [-0.15, -0.1) is 0 Å². The van der Waals surface area contributed by atoms with Crippen molar-refractivity contribution >= 4 is 27.8 Å². The van der Waals surface area contributed by atoms with E-state index in [1.807, 2.05) is 0 Å². The van der Waals surface area contributed by atoms with Gasteiger partial charge in [-0.2, -0.15) is 0 Å². The fraction of sp³-hybridized carbons (Fsp3) is 0.115. The lowest BCUT2D eigenvalue weighted by Gasteiger charge is -2.29. The van der Waals surface area contributed by atoms with E-state index in [1.54, 1.807) is 0 Å². The van der Waals surface area contributed by atoms with Gasteiger partial charge in [0.1, 0.15) is 0 Å². The second-order valence-electron chi connectivity index (χ2n) is 15.8. The molecular formula is C52H41N. The van der Waals surface area contributed by atoms with Crippen LogP contribution in [-0.2, 0) is 10.8 Å². The van der Waals surface area contributed by atoms with Gasteiger partial charge >= 0.3 is 0 Å². The van der Waals surface area contributed by atoms with E-state index in [9.17, 15) is 0 Å². The second-order valence-corrected chi connectivity index (χ2v) is 15.8. The average molecular weight is 680 g/mol. The molecule has 254 valence electrons. The Morgan fingerprint density at radius 1 is 0.358 bits per heavy atom. The van der Waals surface area contributed by atoms with Crippen LogP contribution in [0.4, 0.5) is 17.1 Å². The molecule has 53 heavy (non-hydrogen) atoms. The Balaban J connectivity index is 1.20. The van der Waals surface area contributed by atoms with E-state index in [0.29, 0.717) is 0 Å². The van der Waals surface area contributed by atoms with E-state index in [0.717, 1.165) is 17.1 Å². The molecule has 0 spiro atoms. The van der Waals surface area contributed by atoms with Crippen LogP contribution in [0, 0.1) is 0 Å². The summed E-state index contributed by atoms with van der Waals surface area (Å²) in [7, 11) is 0. The van der Waals surface area contributed by atoms with Crippen LogP contribution in [0.25, 0.3) is 55.3 Å². The number of hydrogen-bond acceptors (Lipinski definition) is 1. The van der Waals surface area contributed by atoms with Crippen LogP contribution in [0.3, 0.4) is 0 Å². The van der Waals surface area contributed by atoms with Crippen molar-refractivity contribution in [3.63, 3.8) is 0 Å². The largest absolute Gasteiger partial charge is 0.310 e. The van der Waals surface area contributed by atoms with Crippen LogP contribution in [0.5, 0.6) is 0 Å². The molecule has 0 fully saturated rings. The summed E-state index contributed by atoms with van der Waals surface area (Å²) in [6, 6.07) is 65.2. The number of rotatable bonds is 5. The number of hydrogen-bond donors (Lipinski definition) is 0. The summed E-state index contributed by atoms with van der Waals surface area (Å²) in [6.45, 7) is 9.53. The van der Waals surface area contributed by atoms with Gasteiger partial charge in [0, 0.05) is 27.9 Å². The zero-order valence-corrected chi connectivity index (χ0v) is 30.7. The highest BCUT2D eigenvalue weighted by Gasteiger charge is 2.40. The van der Waals surface area contributed by atoms with Gasteiger partial charge < -0.3 is 4.90 Å². The number of benzene rings is 8. The maximum atomic E-state index is 2.46. The van der Waals surface area contributed by atoms with Crippen LogP contribution >= 0.6 is 0 Å². The van der Waals surface area contributed by atoms with Crippen molar-refractivity contribution in [3.8, 4) is 44.5 Å². The molecular weight excluding hydrogens is 639 g/mol. The Hall–Kier alpha value is -6.18. The summed E-state index contributed by atoms with van der Waals surface area (Å²) in [5.74, 6) is 0. The predicted molar refractivity (Wildman–Crippen MR) is 225 cm³/mol. The molecule has 0 aliphatic heterocycles. The van der Waals surface area contributed by atoms with Crippen molar-refractivity contribution in [1.82, 2.24) is 0 Å². The van der Waals surface area contributed by atoms with Crippen LogP contribution < -0.4 is 4.90 Å². The van der Waals surface area contributed by atoms with Gasteiger partial charge in [-0.1, -0.05) is 161 Å². The van der Waals surface area contributed by atoms with Crippen molar-refractivity contribution < 1.29 is 0 Å². The molecule has 8 aromatic rings. The molecule has 1 nitrogen and oxygen atoms in total. The first-order chi connectivity index (χ1) is 25.8. The number of fused-ring (bicyclic) bond motifs is 8. The number of nitrogens with zero attached hydrogens (tertiary/aromatic N) is 1. The summed E-state index contributed by atoms with van der Waals surface area (Å²) in [5, 5.41) is 2.62. The SMILES string of the molecule is CC1(C)c2ccccc2-c2ccc(N(c3ccc(-c4ccccc4)cc3)c3ccc4c(c3)-c3c(-c5ccccc5)cc5ccccc5c3C4(C)C)cc21. The number of anilines is 3. The molecule has 10 rings (SSSR count). The Kier molecular flexibility index (Phi) is 6.94. The van der Waals surface area contributed by atoms with Gasteiger partial charge in [-0.25, -0.2) is 0 Å². The van der Waals surface area contributed by atoms with Crippen LogP contribution in [0.15, 0.2) is 176 Å². The minimum absolute atomic E-state index is 0.0999. The lowest BCUT2D eigenvalue weighted by atomic mass is 9.79. The second kappa shape index (κ2) is 11.7. The van der Waals surface area contributed by atoms with E-state index in [4.69, 9.17) is 0 Å². The first kappa shape index (κ1) is 31.5. The van der Waals surface area contributed by atoms with Crippen LogP contribution in [0.1, 0.15) is 49.9 Å². The molecule has 2 aliphatic rings. The molecule has 0 saturated heterocycles. The Labute approximate surface area is 312 Å². The topological polar surface area (TPSA) is 3.24 Å². The van der Waals surface area contributed by atoms with Crippen LogP contribution in [0.2, 0.25) is 0 Å². The minimum Gasteiger partial charge on any atom is -0.310 e. The van der Waals surface area contributed by atoms with Crippen molar-refractivity contribution in [2.45, 2.75) is 38.5 Å². The highest BCUT2D eigenvalue weighted by Crippen LogP contribution is 2.57. The highest BCUT2D eigenvalue weighted by molar-refractivity contribution is 6.05. The quantitative estimate of drug-likeness (QED) is 0.175. The Morgan fingerprint density at radius 2 is 0.925 bits per heavy atom. The summed E-state index contributed by atoms with van der Waals surface area (Å²) in [4.78, 5) is 2.46. The van der Waals surface area contributed by atoms with Gasteiger partial charge in [-0.05, 0) is 120 Å². The third kappa shape index (κ3) is 4.77. The molecule has 0 unspecified atom stereocenters. The first-order valence-electron chi connectivity index (χ1n) is 18.8. The molecule has 0 heterocycles. The van der Waals surface area contributed by atoms with Crippen molar-refractivity contribution in [2.24, 2.45) is 0 Å². The smallest absolute Gasteiger partial charge is 0.0468 e. The van der Waals surface area contributed by atoms with Gasteiger partial charge in [0.2, 0.25) is 0 Å². The lowest BCUT2D eigenvalue weighted by molar-refractivity contribution is 0.660. The molecule has 2 aliphatic carbocycles. The van der Waals surface area contributed by atoms with Crippen LogP contribution in [-0.4, -0.2) is 0 Å². The monoisotopic (exact) mass is 679 g/mol. The van der Waals surface area contributed by atoms with E-state index < -0.39 is 0 Å². The molecule has 8 aromatic carbocycles. The van der Waals surface area contributed by atoms with Gasteiger partial charge in [0.15, 0.2) is 0 Å². The third-order valence-corrected chi connectivity index (χ3v) is 12.0. The molecule has 0 N–H and O–H groups in total. The summed E-state index contributed by atoms with van der Waals surface area (Å²) >= 11 is 0. The van der Waals surface area contributed by atoms with E-state index >= 15 is 0 Å². The highest BCUT2D eigenvalue weighted by atomic mass is 15.1. The molecule has 0 saturated carbocycles. The lowest BCUT2D eigenvalue weighted by Crippen LogP contribution is -2.17. The first-order valence-corrected chi connectivity index (χ1v) is 18.8. The van der Waals surface area contributed by atoms with Crippen molar-refractivity contribution in [3.05, 3.63) is 198 Å². The van der Waals surface area contributed by atoms with E-state index in [-0.39, 0.29) is 10.8 Å².